The maximum absolute atomic E-state index is 12.2. The molecule has 1 aliphatic heterocycles. The van der Waals surface area contributed by atoms with E-state index in [9.17, 15) is 9.59 Å². The smallest absolute Gasteiger partial charge is 0.303 e. The SMILES string of the molecule is O=C(O)CCCNC(=O)c1cccnc1N1CCNCC1. The van der Waals surface area contributed by atoms with Gasteiger partial charge in [-0.1, -0.05) is 0 Å². The van der Waals surface area contributed by atoms with E-state index >= 15 is 0 Å². The summed E-state index contributed by atoms with van der Waals surface area (Å²) in [7, 11) is 0. The number of aliphatic carboxylic acids is 1. The lowest BCUT2D eigenvalue weighted by Crippen LogP contribution is -2.44. The number of nitrogens with one attached hydrogen (secondary N) is 2. The second-order valence-corrected chi connectivity index (χ2v) is 4.86. The van der Waals surface area contributed by atoms with Gasteiger partial charge in [-0.05, 0) is 18.6 Å². The quantitative estimate of drug-likeness (QED) is 0.643. The molecule has 114 valence electrons. The molecule has 1 aromatic rings. The zero-order valence-electron chi connectivity index (χ0n) is 11.8. The summed E-state index contributed by atoms with van der Waals surface area (Å²) >= 11 is 0. The van der Waals surface area contributed by atoms with Gasteiger partial charge in [0.1, 0.15) is 5.82 Å². The van der Waals surface area contributed by atoms with Crippen molar-refractivity contribution < 1.29 is 14.7 Å². The molecule has 0 atom stereocenters. The summed E-state index contributed by atoms with van der Waals surface area (Å²) < 4.78 is 0. The first kappa shape index (κ1) is 15.2. The van der Waals surface area contributed by atoms with E-state index in [1.54, 1.807) is 18.3 Å². The number of carboxylic acid groups (broad SMARTS) is 1. The Hall–Kier alpha value is -2.15. The van der Waals surface area contributed by atoms with Gasteiger partial charge >= 0.3 is 5.97 Å². The average molecular weight is 292 g/mol. The molecule has 7 heteroatoms. The van der Waals surface area contributed by atoms with Gasteiger partial charge in [0.15, 0.2) is 0 Å². The molecule has 0 spiro atoms. The third-order valence-electron chi connectivity index (χ3n) is 3.30. The Balaban J connectivity index is 1.98. The minimum Gasteiger partial charge on any atom is -0.481 e. The zero-order chi connectivity index (χ0) is 15.1. The Kier molecular flexibility index (Phi) is 5.51. The monoisotopic (exact) mass is 292 g/mol. The largest absolute Gasteiger partial charge is 0.481 e. The number of hydrogen-bond acceptors (Lipinski definition) is 5. The molecule has 3 N–H and O–H groups in total. The average Bonchev–Trinajstić information content (AvgIpc) is 2.52. The summed E-state index contributed by atoms with van der Waals surface area (Å²) in [5, 5.41) is 14.6. The van der Waals surface area contributed by atoms with Crippen LogP contribution in [-0.2, 0) is 4.79 Å². The van der Waals surface area contributed by atoms with Crippen LogP contribution in [0.5, 0.6) is 0 Å². The van der Waals surface area contributed by atoms with Crippen molar-refractivity contribution in [2.24, 2.45) is 0 Å². The molecule has 0 bridgehead atoms. The molecule has 0 radical (unpaired) electrons. The van der Waals surface area contributed by atoms with Crippen LogP contribution in [0.2, 0.25) is 0 Å². The van der Waals surface area contributed by atoms with Gasteiger partial charge in [0.05, 0.1) is 5.56 Å². The van der Waals surface area contributed by atoms with Crippen molar-refractivity contribution in [1.82, 2.24) is 15.6 Å². The number of piperazine rings is 1. The molecule has 1 fully saturated rings. The highest BCUT2D eigenvalue weighted by atomic mass is 16.4. The summed E-state index contributed by atoms with van der Waals surface area (Å²) in [6.07, 6.45) is 2.15. The van der Waals surface area contributed by atoms with Gasteiger partial charge in [-0.2, -0.15) is 0 Å². The van der Waals surface area contributed by atoms with E-state index < -0.39 is 5.97 Å². The van der Waals surface area contributed by atoms with Gasteiger partial charge in [-0.3, -0.25) is 9.59 Å². The van der Waals surface area contributed by atoms with Crippen molar-refractivity contribution in [3.05, 3.63) is 23.9 Å². The lowest BCUT2D eigenvalue weighted by molar-refractivity contribution is -0.137. The molecule has 0 unspecified atom stereocenters. The van der Waals surface area contributed by atoms with Crippen molar-refractivity contribution in [3.63, 3.8) is 0 Å². The number of anilines is 1. The molecular formula is C14H20N4O3. The highest BCUT2D eigenvalue weighted by Gasteiger charge is 2.19. The number of rotatable bonds is 6. The normalized spacial score (nSPS) is 14.8. The Labute approximate surface area is 123 Å². The predicted molar refractivity (Wildman–Crippen MR) is 78.5 cm³/mol. The van der Waals surface area contributed by atoms with Crippen LogP contribution in [0.3, 0.4) is 0 Å². The first-order valence-electron chi connectivity index (χ1n) is 7.09. The molecule has 7 nitrogen and oxygen atoms in total. The second kappa shape index (κ2) is 7.58. The lowest BCUT2D eigenvalue weighted by Gasteiger charge is -2.29. The van der Waals surface area contributed by atoms with Crippen LogP contribution < -0.4 is 15.5 Å². The summed E-state index contributed by atoms with van der Waals surface area (Å²) in [4.78, 5) is 29.1. The molecule has 21 heavy (non-hydrogen) atoms. The van der Waals surface area contributed by atoms with Crippen molar-refractivity contribution >= 4 is 17.7 Å². The predicted octanol–water partition coefficient (Wildman–Crippen LogP) is 0.0858. The summed E-state index contributed by atoms with van der Waals surface area (Å²) in [6.45, 7) is 3.72. The molecule has 1 aromatic heterocycles. The van der Waals surface area contributed by atoms with Crippen LogP contribution in [0.1, 0.15) is 23.2 Å². The third kappa shape index (κ3) is 4.42. The van der Waals surface area contributed by atoms with Crippen LogP contribution in [0.4, 0.5) is 5.82 Å². The maximum atomic E-state index is 12.2. The third-order valence-corrected chi connectivity index (χ3v) is 3.30. The summed E-state index contributed by atoms with van der Waals surface area (Å²) in [5.74, 6) is -0.371. The Morgan fingerprint density at radius 2 is 2.14 bits per heavy atom. The van der Waals surface area contributed by atoms with E-state index in [2.05, 4.69) is 20.5 Å². The summed E-state index contributed by atoms with van der Waals surface area (Å²) in [5.41, 5.74) is 0.537. The molecule has 2 rings (SSSR count). The van der Waals surface area contributed by atoms with Crippen LogP contribution in [0.15, 0.2) is 18.3 Å². The highest BCUT2D eigenvalue weighted by molar-refractivity contribution is 5.98. The molecule has 1 saturated heterocycles. The van der Waals surface area contributed by atoms with Gasteiger partial charge in [0.25, 0.3) is 5.91 Å². The minimum atomic E-state index is -0.855. The van der Waals surface area contributed by atoms with Crippen molar-refractivity contribution in [3.8, 4) is 0 Å². The molecule has 0 aliphatic carbocycles. The van der Waals surface area contributed by atoms with Gasteiger partial charge < -0.3 is 20.6 Å². The van der Waals surface area contributed by atoms with E-state index in [0.717, 1.165) is 26.2 Å². The van der Waals surface area contributed by atoms with Crippen LogP contribution in [0, 0.1) is 0 Å². The van der Waals surface area contributed by atoms with Crippen molar-refractivity contribution in [2.45, 2.75) is 12.8 Å². The summed E-state index contributed by atoms with van der Waals surface area (Å²) in [6, 6.07) is 3.48. The Bertz CT molecular complexity index is 501. The second-order valence-electron chi connectivity index (χ2n) is 4.86. The van der Waals surface area contributed by atoms with Crippen molar-refractivity contribution in [2.75, 3.05) is 37.6 Å². The van der Waals surface area contributed by atoms with Gasteiger partial charge in [0.2, 0.25) is 0 Å². The van der Waals surface area contributed by atoms with Gasteiger partial charge in [-0.25, -0.2) is 4.98 Å². The van der Waals surface area contributed by atoms with E-state index in [-0.39, 0.29) is 12.3 Å². The fourth-order valence-corrected chi connectivity index (χ4v) is 2.24. The Morgan fingerprint density at radius 3 is 2.86 bits per heavy atom. The van der Waals surface area contributed by atoms with E-state index in [4.69, 9.17) is 5.11 Å². The fraction of sp³-hybridized carbons (Fsp3) is 0.500. The highest BCUT2D eigenvalue weighted by Crippen LogP contribution is 2.17. The standard InChI is InChI=1S/C14H20N4O3/c19-12(20)4-2-6-17-14(21)11-3-1-5-16-13(11)18-9-7-15-8-10-18/h1,3,5,15H,2,4,6-10H2,(H,17,21)(H,19,20). The van der Waals surface area contributed by atoms with Crippen LogP contribution in [0.25, 0.3) is 0 Å². The maximum Gasteiger partial charge on any atom is 0.303 e. The number of aromatic nitrogens is 1. The minimum absolute atomic E-state index is 0.0535. The molecular weight excluding hydrogens is 272 g/mol. The van der Waals surface area contributed by atoms with Gasteiger partial charge in [-0.15, -0.1) is 0 Å². The lowest BCUT2D eigenvalue weighted by atomic mass is 10.2. The Morgan fingerprint density at radius 1 is 1.38 bits per heavy atom. The van der Waals surface area contributed by atoms with Crippen molar-refractivity contribution in [1.29, 1.82) is 0 Å². The first-order chi connectivity index (χ1) is 10.2. The number of amides is 1. The van der Waals surface area contributed by atoms with E-state index in [0.29, 0.717) is 24.3 Å². The molecule has 1 aliphatic rings. The zero-order valence-corrected chi connectivity index (χ0v) is 11.8. The van der Waals surface area contributed by atoms with E-state index in [1.807, 2.05) is 0 Å². The van der Waals surface area contributed by atoms with Crippen LogP contribution >= 0.6 is 0 Å². The number of carbonyl (C=O) groups is 2. The topological polar surface area (TPSA) is 94.6 Å². The van der Waals surface area contributed by atoms with Crippen LogP contribution in [-0.4, -0.2) is 54.7 Å². The first-order valence-corrected chi connectivity index (χ1v) is 7.09. The number of carboxylic acids is 1. The fourth-order valence-electron chi connectivity index (χ4n) is 2.24. The number of carbonyl (C=O) groups excluding carboxylic acids is 1. The van der Waals surface area contributed by atoms with Gasteiger partial charge in [0, 0.05) is 45.3 Å². The number of hydrogen-bond donors (Lipinski definition) is 3. The molecule has 0 aromatic carbocycles. The number of nitrogens with zero attached hydrogens (tertiary/aromatic N) is 2. The number of pyridine rings is 1. The molecule has 0 saturated carbocycles. The van der Waals surface area contributed by atoms with E-state index in [1.165, 1.54) is 0 Å². The molecule has 1 amide bonds. The molecule has 2 heterocycles.